The molecule has 0 aromatic heterocycles. The Bertz CT molecular complexity index is 234. The van der Waals surface area contributed by atoms with Crippen molar-refractivity contribution in [2.75, 3.05) is 0 Å². The van der Waals surface area contributed by atoms with Gasteiger partial charge in [0.2, 0.25) is 0 Å². The summed E-state index contributed by atoms with van der Waals surface area (Å²) >= 11 is 0. The van der Waals surface area contributed by atoms with Crippen molar-refractivity contribution in [3.63, 3.8) is 0 Å². The predicted molar refractivity (Wildman–Crippen MR) is 82.6 cm³/mol. The smallest absolute Gasteiger partial charge is 0.306 e. The van der Waals surface area contributed by atoms with Gasteiger partial charge in [0.25, 0.3) is 0 Å². The summed E-state index contributed by atoms with van der Waals surface area (Å²) in [5.74, 6) is -0.754. The van der Waals surface area contributed by atoms with E-state index in [0.29, 0.717) is 0 Å². The molecule has 20 heavy (non-hydrogen) atoms. The van der Waals surface area contributed by atoms with Crippen molar-refractivity contribution in [3.05, 3.63) is 0 Å². The molecule has 4 heteroatoms. The second-order valence-corrected chi connectivity index (χ2v) is 6.98. The van der Waals surface area contributed by atoms with Gasteiger partial charge in [-0.15, -0.1) is 0 Å². The molecule has 0 aromatic carbocycles. The predicted octanol–water partition coefficient (Wildman–Crippen LogP) is 4.82. The number of aliphatic carboxylic acids is 1. The van der Waals surface area contributed by atoms with Gasteiger partial charge in [0.15, 0.2) is 0 Å². The fourth-order valence-corrected chi connectivity index (χ4v) is 1.20. The Kier molecular flexibility index (Phi) is 11.0. The molecule has 122 valence electrons. The molecule has 0 amide bonds. The molecule has 0 radical (unpaired) electrons. The molecule has 1 atom stereocenters. The van der Waals surface area contributed by atoms with Gasteiger partial charge in [-0.25, -0.2) is 9.78 Å². The summed E-state index contributed by atoms with van der Waals surface area (Å²) in [6, 6.07) is 0. The molecule has 0 saturated carbocycles. The molecule has 4 nitrogen and oxygen atoms in total. The number of carboxylic acid groups (broad SMARTS) is 1. The minimum absolute atomic E-state index is 0.111. The van der Waals surface area contributed by atoms with E-state index in [-0.39, 0.29) is 17.1 Å². The molecule has 0 aliphatic heterocycles. The lowest BCUT2D eigenvalue weighted by Crippen LogP contribution is -2.27. The zero-order valence-electron chi connectivity index (χ0n) is 14.6. The van der Waals surface area contributed by atoms with Crippen LogP contribution in [0, 0.1) is 5.92 Å². The summed E-state index contributed by atoms with van der Waals surface area (Å²) in [6.45, 7) is 15.7. The molecule has 0 fully saturated rings. The van der Waals surface area contributed by atoms with Crippen LogP contribution in [0.5, 0.6) is 0 Å². The molecule has 0 rings (SSSR count). The van der Waals surface area contributed by atoms with Gasteiger partial charge < -0.3 is 5.11 Å². The zero-order chi connectivity index (χ0) is 16.4. The summed E-state index contributed by atoms with van der Waals surface area (Å²) < 4.78 is 0. The molecule has 0 spiro atoms. The van der Waals surface area contributed by atoms with Crippen LogP contribution >= 0.6 is 0 Å². The minimum atomic E-state index is -0.643. The quantitative estimate of drug-likeness (QED) is 0.563. The first kappa shape index (κ1) is 21.7. The SMILES string of the molecule is CC(C)(C)OOC(C)(C)C.CCCCC(CC)C(=O)O. The van der Waals surface area contributed by atoms with Crippen molar-refractivity contribution in [1.82, 2.24) is 0 Å². The summed E-state index contributed by atoms with van der Waals surface area (Å²) in [6.07, 6.45) is 3.71. The van der Waals surface area contributed by atoms with Gasteiger partial charge in [-0.3, -0.25) is 4.79 Å². The van der Waals surface area contributed by atoms with Crippen LogP contribution in [0.4, 0.5) is 0 Å². The lowest BCUT2D eigenvalue weighted by atomic mass is 10.00. The van der Waals surface area contributed by atoms with E-state index in [0.717, 1.165) is 25.7 Å². The number of unbranched alkanes of at least 4 members (excludes halogenated alkanes) is 1. The van der Waals surface area contributed by atoms with Crippen molar-refractivity contribution >= 4 is 5.97 Å². The first-order valence-electron chi connectivity index (χ1n) is 7.52. The third-order valence-corrected chi connectivity index (χ3v) is 2.29. The van der Waals surface area contributed by atoms with E-state index < -0.39 is 5.97 Å². The Balaban J connectivity index is 0. The topological polar surface area (TPSA) is 55.8 Å². The van der Waals surface area contributed by atoms with E-state index >= 15 is 0 Å². The average Bonchev–Trinajstić information content (AvgIpc) is 2.26. The molecule has 0 aliphatic carbocycles. The van der Waals surface area contributed by atoms with Crippen LogP contribution in [0.25, 0.3) is 0 Å². The Morgan fingerprint density at radius 3 is 1.60 bits per heavy atom. The summed E-state index contributed by atoms with van der Waals surface area (Å²) in [7, 11) is 0. The maximum Gasteiger partial charge on any atom is 0.306 e. The summed E-state index contributed by atoms with van der Waals surface area (Å²) in [4.78, 5) is 20.6. The fourth-order valence-electron chi connectivity index (χ4n) is 1.20. The van der Waals surface area contributed by atoms with Crippen LogP contribution in [0.15, 0.2) is 0 Å². The lowest BCUT2D eigenvalue weighted by molar-refractivity contribution is -0.393. The number of rotatable bonds is 6. The van der Waals surface area contributed by atoms with Gasteiger partial charge in [-0.1, -0.05) is 26.7 Å². The third kappa shape index (κ3) is 17.4. The summed E-state index contributed by atoms with van der Waals surface area (Å²) in [5.41, 5.74) is -0.430. The molecule has 0 bridgehead atoms. The number of hydrogen-bond donors (Lipinski definition) is 1. The normalized spacial score (nSPS) is 13.4. The standard InChI is InChI=1S/C8H18O2.C8H16O2/c1-7(2,3)9-10-8(4,5)6;1-3-5-6-7(4-2)8(9)10/h1-6H3;7H,3-6H2,1-2H3,(H,9,10). The van der Waals surface area contributed by atoms with Crippen molar-refractivity contribution in [2.24, 2.45) is 5.92 Å². The van der Waals surface area contributed by atoms with Gasteiger partial charge in [0.05, 0.1) is 17.1 Å². The molecule has 1 N–H and O–H groups in total. The number of carboxylic acids is 1. The Labute approximate surface area is 124 Å². The van der Waals surface area contributed by atoms with Gasteiger partial charge in [0.1, 0.15) is 0 Å². The van der Waals surface area contributed by atoms with Crippen molar-refractivity contribution in [2.45, 2.75) is 92.3 Å². The van der Waals surface area contributed by atoms with E-state index in [1.807, 2.05) is 48.5 Å². The first-order chi connectivity index (χ1) is 8.93. The van der Waals surface area contributed by atoms with Crippen LogP contribution in [0.2, 0.25) is 0 Å². The van der Waals surface area contributed by atoms with E-state index in [9.17, 15) is 4.79 Å². The second-order valence-electron chi connectivity index (χ2n) is 6.98. The van der Waals surface area contributed by atoms with Gasteiger partial charge in [-0.2, -0.15) is 0 Å². The van der Waals surface area contributed by atoms with Crippen molar-refractivity contribution in [1.29, 1.82) is 0 Å². The van der Waals surface area contributed by atoms with Crippen molar-refractivity contribution < 1.29 is 19.7 Å². The molecular formula is C16H34O4. The highest BCUT2D eigenvalue weighted by molar-refractivity contribution is 5.69. The molecule has 0 aliphatic rings. The van der Waals surface area contributed by atoms with Gasteiger partial charge in [-0.05, 0) is 54.4 Å². The Morgan fingerprint density at radius 1 is 1.00 bits per heavy atom. The fraction of sp³-hybridized carbons (Fsp3) is 0.938. The molecule has 0 saturated heterocycles. The zero-order valence-corrected chi connectivity index (χ0v) is 14.6. The van der Waals surface area contributed by atoms with E-state index in [1.165, 1.54) is 0 Å². The van der Waals surface area contributed by atoms with E-state index in [4.69, 9.17) is 14.9 Å². The van der Waals surface area contributed by atoms with E-state index in [1.54, 1.807) is 0 Å². The van der Waals surface area contributed by atoms with Crippen LogP contribution in [-0.2, 0) is 14.6 Å². The number of carbonyl (C=O) groups is 1. The van der Waals surface area contributed by atoms with Crippen LogP contribution in [-0.4, -0.2) is 22.3 Å². The largest absolute Gasteiger partial charge is 0.481 e. The van der Waals surface area contributed by atoms with Crippen LogP contribution < -0.4 is 0 Å². The minimum Gasteiger partial charge on any atom is -0.481 e. The third-order valence-electron chi connectivity index (χ3n) is 2.29. The maximum absolute atomic E-state index is 10.4. The monoisotopic (exact) mass is 290 g/mol. The molecular weight excluding hydrogens is 256 g/mol. The molecule has 0 heterocycles. The maximum atomic E-state index is 10.4. The Hall–Kier alpha value is -0.610. The second kappa shape index (κ2) is 10.2. The van der Waals surface area contributed by atoms with Crippen LogP contribution in [0.1, 0.15) is 81.1 Å². The first-order valence-corrected chi connectivity index (χ1v) is 7.52. The van der Waals surface area contributed by atoms with Gasteiger partial charge >= 0.3 is 5.97 Å². The van der Waals surface area contributed by atoms with Crippen LogP contribution in [0.3, 0.4) is 0 Å². The van der Waals surface area contributed by atoms with Gasteiger partial charge in [0, 0.05) is 0 Å². The van der Waals surface area contributed by atoms with E-state index in [2.05, 4.69) is 6.92 Å². The number of hydrogen-bond acceptors (Lipinski definition) is 3. The molecule has 1 unspecified atom stereocenters. The summed E-state index contributed by atoms with van der Waals surface area (Å²) in [5, 5.41) is 8.60. The average molecular weight is 290 g/mol. The highest BCUT2D eigenvalue weighted by atomic mass is 17.2. The highest BCUT2D eigenvalue weighted by Gasteiger charge is 2.18. The molecule has 0 aromatic rings. The Morgan fingerprint density at radius 2 is 1.40 bits per heavy atom. The highest BCUT2D eigenvalue weighted by Crippen LogP contribution is 2.14. The van der Waals surface area contributed by atoms with Crippen molar-refractivity contribution in [3.8, 4) is 0 Å². The lowest BCUT2D eigenvalue weighted by Gasteiger charge is -2.24.